The molecule has 4 aromatic rings. The summed E-state index contributed by atoms with van der Waals surface area (Å²) in [6.45, 7) is 4.29. The number of anilines is 1. The number of rotatable bonds is 2. The smallest absolute Gasteiger partial charge is 0.396 e. The first-order chi connectivity index (χ1) is 14.0. The first-order valence-electron chi connectivity index (χ1n) is 9.89. The van der Waals surface area contributed by atoms with Gasteiger partial charge in [0.2, 0.25) is 5.71 Å². The minimum atomic E-state index is 0.123. The topological polar surface area (TPSA) is 33.1 Å². The van der Waals surface area contributed by atoms with E-state index in [2.05, 4.69) is 96.1 Å². The fraction of sp³-hybridized carbons (Fsp3) is 0.167. The summed E-state index contributed by atoms with van der Waals surface area (Å²) >= 11 is 0. The van der Waals surface area contributed by atoms with Crippen LogP contribution in [0.2, 0.25) is 0 Å². The second kappa shape index (κ2) is 6.62. The van der Waals surface area contributed by atoms with Crippen LogP contribution in [0.5, 0.6) is 0 Å². The van der Waals surface area contributed by atoms with E-state index < -0.39 is 0 Å². The van der Waals surface area contributed by atoms with Gasteiger partial charge in [-0.1, -0.05) is 36.3 Å². The summed E-state index contributed by atoms with van der Waals surface area (Å²) in [7, 11) is 4.25. The van der Waals surface area contributed by atoms with Crippen molar-refractivity contribution >= 4 is 35.3 Å². The number of hydrogen-bond donors (Lipinski definition) is 0. The molecule has 0 saturated carbocycles. The highest BCUT2D eigenvalue weighted by molar-refractivity contribution is 6.81. The number of nitrogens with zero attached hydrogens (tertiary/aromatic N) is 3. The normalized spacial score (nSPS) is 13.2. The number of aromatic nitrogens is 2. The molecule has 0 N–H and O–H groups in total. The van der Waals surface area contributed by atoms with Crippen molar-refractivity contribution in [2.24, 2.45) is 7.05 Å². The number of aryl methyl sites for hydroxylation is 3. The summed E-state index contributed by atoms with van der Waals surface area (Å²) in [5, 5.41) is 1.06. The molecule has 0 radical (unpaired) electrons. The first-order valence-corrected chi connectivity index (χ1v) is 9.89. The van der Waals surface area contributed by atoms with Crippen LogP contribution in [-0.2, 0) is 7.05 Å². The second-order valence-corrected chi connectivity index (χ2v) is 7.81. The maximum Gasteiger partial charge on any atom is 0.396 e. The molecule has 1 aliphatic rings. The third-order valence-electron chi connectivity index (χ3n) is 5.80. The third kappa shape index (κ3) is 2.85. The third-order valence-corrected chi connectivity index (χ3v) is 5.80. The molecule has 1 aromatic carbocycles. The van der Waals surface area contributed by atoms with Gasteiger partial charge in [0.25, 0.3) is 0 Å². The van der Waals surface area contributed by atoms with Gasteiger partial charge in [0.15, 0.2) is 17.6 Å². The van der Waals surface area contributed by atoms with Gasteiger partial charge in [0, 0.05) is 17.3 Å². The SMILES string of the molecule is Cc1ccc2c3c(oc2n1)C=CB(c1cc(C)c(-c2ccccc2)c[n+]1C)N3C. The van der Waals surface area contributed by atoms with Crippen molar-refractivity contribution in [3.63, 3.8) is 0 Å². The Morgan fingerprint density at radius 3 is 2.66 bits per heavy atom. The zero-order valence-electron chi connectivity index (χ0n) is 17.2. The van der Waals surface area contributed by atoms with Crippen molar-refractivity contribution in [2.75, 3.05) is 11.9 Å². The van der Waals surface area contributed by atoms with Crippen molar-refractivity contribution in [3.8, 4) is 11.1 Å². The number of fused-ring (bicyclic) bond motifs is 3. The van der Waals surface area contributed by atoms with E-state index in [1.54, 1.807) is 0 Å². The van der Waals surface area contributed by atoms with Crippen molar-refractivity contribution in [1.82, 2.24) is 4.98 Å². The Kier molecular flexibility index (Phi) is 4.05. The molecule has 0 aliphatic carbocycles. The first kappa shape index (κ1) is 17.7. The van der Waals surface area contributed by atoms with Crippen LogP contribution in [0.25, 0.3) is 28.3 Å². The van der Waals surface area contributed by atoms with E-state index in [1.165, 1.54) is 22.3 Å². The van der Waals surface area contributed by atoms with Gasteiger partial charge in [0.05, 0.1) is 11.1 Å². The van der Waals surface area contributed by atoms with Crippen LogP contribution in [0.3, 0.4) is 0 Å². The van der Waals surface area contributed by atoms with E-state index in [0.29, 0.717) is 5.71 Å². The van der Waals surface area contributed by atoms with Crippen LogP contribution in [-0.4, -0.2) is 18.9 Å². The molecule has 0 amide bonds. The highest BCUT2D eigenvalue weighted by atomic mass is 16.3. The summed E-state index contributed by atoms with van der Waals surface area (Å²) in [5.74, 6) is 3.08. The maximum absolute atomic E-state index is 6.01. The van der Waals surface area contributed by atoms with Crippen molar-refractivity contribution in [1.29, 1.82) is 0 Å². The Labute approximate surface area is 171 Å². The molecule has 29 heavy (non-hydrogen) atoms. The van der Waals surface area contributed by atoms with Gasteiger partial charge in [-0.25, -0.2) is 9.55 Å². The average Bonchev–Trinajstić information content (AvgIpc) is 3.09. The minimum absolute atomic E-state index is 0.123. The molecule has 4 nitrogen and oxygen atoms in total. The highest BCUT2D eigenvalue weighted by Crippen LogP contribution is 2.36. The molecule has 0 atom stereocenters. The maximum atomic E-state index is 6.01. The quantitative estimate of drug-likeness (QED) is 0.391. The van der Waals surface area contributed by atoms with Crippen LogP contribution in [0.1, 0.15) is 17.0 Å². The Hall–Kier alpha value is -3.34. The van der Waals surface area contributed by atoms with Crippen LogP contribution < -0.4 is 15.0 Å². The van der Waals surface area contributed by atoms with E-state index >= 15 is 0 Å². The van der Waals surface area contributed by atoms with E-state index in [9.17, 15) is 0 Å². The largest absolute Gasteiger partial charge is 0.436 e. The zero-order chi connectivity index (χ0) is 20.1. The molecule has 1 aliphatic heterocycles. The standard InChI is InChI=1S/C24H23BN3O/c1-16-14-22(27(3)15-20(16)18-8-6-5-7-9-18)25-13-12-21-23(28(25)4)19-11-10-17(2)26-24(19)29-21/h5-15H,1-4H3/q+1. The van der Waals surface area contributed by atoms with Gasteiger partial charge < -0.3 is 9.23 Å². The number of furan rings is 1. The molecule has 0 spiro atoms. The average molecular weight is 380 g/mol. The highest BCUT2D eigenvalue weighted by Gasteiger charge is 2.35. The lowest BCUT2D eigenvalue weighted by Gasteiger charge is -2.26. The monoisotopic (exact) mass is 380 g/mol. The van der Waals surface area contributed by atoms with E-state index in [-0.39, 0.29) is 6.85 Å². The number of pyridine rings is 2. The summed E-state index contributed by atoms with van der Waals surface area (Å²) in [4.78, 5) is 6.84. The summed E-state index contributed by atoms with van der Waals surface area (Å²) in [5.41, 5.74) is 7.77. The van der Waals surface area contributed by atoms with E-state index in [0.717, 1.165) is 22.5 Å². The molecule has 0 bridgehead atoms. The molecule has 0 saturated heterocycles. The molecule has 142 valence electrons. The zero-order valence-corrected chi connectivity index (χ0v) is 17.2. The fourth-order valence-corrected chi connectivity index (χ4v) is 4.28. The summed E-state index contributed by atoms with van der Waals surface area (Å²) in [6.07, 6.45) is 4.31. The lowest BCUT2D eigenvalue weighted by Crippen LogP contribution is -2.60. The van der Waals surface area contributed by atoms with Gasteiger partial charge >= 0.3 is 6.85 Å². The van der Waals surface area contributed by atoms with E-state index in [1.807, 2.05) is 13.0 Å². The fourth-order valence-electron chi connectivity index (χ4n) is 4.28. The molecular weight excluding hydrogens is 357 g/mol. The summed E-state index contributed by atoms with van der Waals surface area (Å²) < 4.78 is 8.24. The predicted octanol–water partition coefficient (Wildman–Crippen LogP) is 3.84. The van der Waals surface area contributed by atoms with Crippen molar-refractivity contribution < 1.29 is 8.98 Å². The lowest BCUT2D eigenvalue weighted by molar-refractivity contribution is -0.653. The van der Waals surface area contributed by atoms with Gasteiger partial charge in [-0.05, 0) is 50.2 Å². The molecular formula is C24H23BN3O+. The lowest BCUT2D eigenvalue weighted by atomic mass is 9.55. The number of benzene rings is 1. The van der Waals surface area contributed by atoms with Gasteiger partial charge in [-0.2, -0.15) is 0 Å². The molecule has 0 fully saturated rings. The summed E-state index contributed by atoms with van der Waals surface area (Å²) in [6, 6.07) is 17.0. The Bertz CT molecular complexity index is 1260. The molecule has 5 rings (SSSR count). The second-order valence-electron chi connectivity index (χ2n) is 7.81. The van der Waals surface area contributed by atoms with Crippen molar-refractivity contribution in [2.45, 2.75) is 13.8 Å². The molecule has 0 unspecified atom stereocenters. The van der Waals surface area contributed by atoms with Crippen LogP contribution >= 0.6 is 0 Å². The van der Waals surface area contributed by atoms with E-state index in [4.69, 9.17) is 4.42 Å². The molecule has 5 heteroatoms. The Morgan fingerprint density at radius 2 is 1.86 bits per heavy atom. The van der Waals surface area contributed by atoms with Gasteiger partial charge in [0.1, 0.15) is 7.05 Å². The van der Waals surface area contributed by atoms with Crippen LogP contribution in [0.4, 0.5) is 5.69 Å². The van der Waals surface area contributed by atoms with Crippen LogP contribution in [0.15, 0.2) is 65.1 Å². The molecule has 4 heterocycles. The molecule has 3 aromatic heterocycles. The Balaban J connectivity index is 1.59. The van der Waals surface area contributed by atoms with Crippen molar-refractivity contribution in [3.05, 3.63) is 77.7 Å². The van der Waals surface area contributed by atoms with Crippen LogP contribution in [0, 0.1) is 13.8 Å². The Morgan fingerprint density at radius 1 is 1.07 bits per heavy atom. The minimum Gasteiger partial charge on any atom is -0.436 e. The van der Waals surface area contributed by atoms with Gasteiger partial charge in [-0.3, -0.25) is 0 Å². The van der Waals surface area contributed by atoms with Gasteiger partial charge in [-0.15, -0.1) is 0 Å². The number of hydrogen-bond acceptors (Lipinski definition) is 3. The predicted molar refractivity (Wildman–Crippen MR) is 119 cm³/mol.